The summed E-state index contributed by atoms with van der Waals surface area (Å²) in [5.74, 6) is -0.988. The fourth-order valence-corrected chi connectivity index (χ4v) is 1.12. The summed E-state index contributed by atoms with van der Waals surface area (Å²) in [6.45, 7) is 1.08. The molecule has 0 spiro atoms. The fourth-order valence-electron chi connectivity index (χ4n) is 1.12. The van der Waals surface area contributed by atoms with E-state index in [0.717, 1.165) is 12.5 Å². The van der Waals surface area contributed by atoms with Crippen molar-refractivity contribution in [2.45, 2.75) is 13.3 Å². The zero-order valence-corrected chi connectivity index (χ0v) is 9.08. The fraction of sp³-hybridized carbons (Fsp3) is 0.182. The molecular formula is C11H11NO5. The molecule has 0 fully saturated rings. The van der Waals surface area contributed by atoms with Crippen LogP contribution in [0.5, 0.6) is 5.75 Å². The lowest BCUT2D eigenvalue weighted by atomic mass is 10.1. The number of carbonyl (C=O) groups is 2. The number of benzene rings is 1. The van der Waals surface area contributed by atoms with Gasteiger partial charge in [-0.3, -0.25) is 4.79 Å². The normalized spacial score (nSPS) is 13.2. The second-order valence-corrected chi connectivity index (χ2v) is 3.24. The molecule has 2 rings (SSSR count). The number of oxime groups is 1. The molecule has 0 amide bonds. The molecule has 1 aliphatic rings. The first-order valence-corrected chi connectivity index (χ1v) is 4.74. The summed E-state index contributed by atoms with van der Waals surface area (Å²) in [4.78, 5) is 24.1. The van der Waals surface area contributed by atoms with Gasteiger partial charge in [-0.15, -0.1) is 0 Å². The molecule has 90 valence electrons. The standard InChI is InChI=1S/C9H7NO3.C2H4O2/c11-7-3-1-6(2-4-7)8-5-9(12)13-10-8;1-2(3)4/h1-4,11H,5H2;1H3,(H,3,4). The second-order valence-electron chi connectivity index (χ2n) is 3.24. The van der Waals surface area contributed by atoms with Gasteiger partial charge in [-0.2, -0.15) is 0 Å². The second kappa shape index (κ2) is 5.64. The molecule has 6 nitrogen and oxygen atoms in total. The summed E-state index contributed by atoms with van der Waals surface area (Å²) in [5, 5.41) is 20.0. The van der Waals surface area contributed by atoms with Crippen molar-refractivity contribution in [1.82, 2.24) is 0 Å². The van der Waals surface area contributed by atoms with Crippen molar-refractivity contribution >= 4 is 17.7 Å². The van der Waals surface area contributed by atoms with E-state index in [1.54, 1.807) is 24.3 Å². The summed E-state index contributed by atoms with van der Waals surface area (Å²) in [6, 6.07) is 6.47. The molecule has 17 heavy (non-hydrogen) atoms. The van der Waals surface area contributed by atoms with Crippen molar-refractivity contribution in [3.05, 3.63) is 29.8 Å². The van der Waals surface area contributed by atoms with Crippen LogP contribution in [0.1, 0.15) is 18.9 Å². The molecule has 0 saturated carbocycles. The summed E-state index contributed by atoms with van der Waals surface area (Å²) < 4.78 is 0. The smallest absolute Gasteiger partial charge is 0.341 e. The molecule has 0 radical (unpaired) electrons. The Morgan fingerprint density at radius 1 is 1.35 bits per heavy atom. The zero-order valence-electron chi connectivity index (χ0n) is 9.08. The topological polar surface area (TPSA) is 96.2 Å². The molecule has 0 aliphatic carbocycles. The number of rotatable bonds is 1. The number of hydrogen-bond acceptors (Lipinski definition) is 5. The van der Waals surface area contributed by atoms with E-state index in [1.807, 2.05) is 0 Å². The SMILES string of the molecule is CC(=O)O.O=C1CC(c2ccc(O)cc2)=NO1. The molecule has 0 unspecified atom stereocenters. The minimum atomic E-state index is -0.833. The Kier molecular flexibility index (Phi) is 4.21. The Hall–Kier alpha value is -2.37. The van der Waals surface area contributed by atoms with Crippen LogP contribution in [0.15, 0.2) is 29.4 Å². The third-order valence-corrected chi connectivity index (χ3v) is 1.77. The van der Waals surface area contributed by atoms with Gasteiger partial charge in [0, 0.05) is 12.5 Å². The maximum atomic E-state index is 10.7. The van der Waals surface area contributed by atoms with E-state index >= 15 is 0 Å². The highest BCUT2D eigenvalue weighted by Crippen LogP contribution is 2.15. The van der Waals surface area contributed by atoms with Gasteiger partial charge in [0.15, 0.2) is 0 Å². The molecule has 0 atom stereocenters. The van der Waals surface area contributed by atoms with Crippen LogP contribution in [0.3, 0.4) is 0 Å². The van der Waals surface area contributed by atoms with Crippen LogP contribution in [0.4, 0.5) is 0 Å². The van der Waals surface area contributed by atoms with E-state index < -0.39 is 5.97 Å². The lowest BCUT2D eigenvalue weighted by molar-refractivity contribution is -0.140. The highest BCUT2D eigenvalue weighted by atomic mass is 16.7. The number of phenols is 1. The Bertz CT molecular complexity index is 445. The Morgan fingerprint density at radius 2 is 1.88 bits per heavy atom. The first kappa shape index (κ1) is 12.7. The summed E-state index contributed by atoms with van der Waals surface area (Å²) in [7, 11) is 0. The molecule has 1 aromatic carbocycles. The van der Waals surface area contributed by atoms with Gasteiger partial charge >= 0.3 is 5.97 Å². The highest BCUT2D eigenvalue weighted by molar-refractivity contribution is 6.11. The number of phenolic OH excluding ortho intramolecular Hbond substituents is 1. The number of carboxylic acid groups (broad SMARTS) is 1. The van der Waals surface area contributed by atoms with Gasteiger partial charge in [0.2, 0.25) is 0 Å². The molecule has 0 aromatic heterocycles. The van der Waals surface area contributed by atoms with Crippen molar-refractivity contribution in [2.24, 2.45) is 5.16 Å². The first-order chi connectivity index (χ1) is 7.99. The molecule has 0 bridgehead atoms. The third kappa shape index (κ3) is 4.33. The lowest BCUT2D eigenvalue weighted by Gasteiger charge is -1.96. The molecule has 0 saturated heterocycles. The number of aromatic hydroxyl groups is 1. The Morgan fingerprint density at radius 3 is 2.29 bits per heavy atom. The van der Waals surface area contributed by atoms with E-state index in [9.17, 15) is 4.79 Å². The molecule has 6 heteroatoms. The van der Waals surface area contributed by atoms with Crippen molar-refractivity contribution in [2.75, 3.05) is 0 Å². The van der Waals surface area contributed by atoms with Crippen molar-refractivity contribution in [3.8, 4) is 5.75 Å². The van der Waals surface area contributed by atoms with Crippen LogP contribution in [0.25, 0.3) is 0 Å². The van der Waals surface area contributed by atoms with Gasteiger partial charge in [-0.25, -0.2) is 4.79 Å². The summed E-state index contributed by atoms with van der Waals surface area (Å²) in [5.41, 5.74) is 1.40. The van der Waals surface area contributed by atoms with Crippen LogP contribution in [0.2, 0.25) is 0 Å². The van der Waals surface area contributed by atoms with E-state index in [1.165, 1.54) is 0 Å². The minimum absolute atomic E-state index is 0.189. The highest BCUT2D eigenvalue weighted by Gasteiger charge is 2.18. The van der Waals surface area contributed by atoms with Crippen LogP contribution >= 0.6 is 0 Å². The van der Waals surface area contributed by atoms with Crippen LogP contribution in [-0.4, -0.2) is 27.9 Å². The summed E-state index contributed by atoms with van der Waals surface area (Å²) >= 11 is 0. The number of carbonyl (C=O) groups excluding carboxylic acids is 1. The van der Waals surface area contributed by atoms with Crippen molar-refractivity contribution in [1.29, 1.82) is 0 Å². The molecule has 2 N–H and O–H groups in total. The van der Waals surface area contributed by atoms with Gasteiger partial charge in [0.1, 0.15) is 5.75 Å². The van der Waals surface area contributed by atoms with E-state index in [4.69, 9.17) is 15.0 Å². The predicted octanol–water partition coefficient (Wildman–Crippen LogP) is 1.13. The third-order valence-electron chi connectivity index (χ3n) is 1.77. The van der Waals surface area contributed by atoms with E-state index in [2.05, 4.69) is 9.99 Å². The largest absolute Gasteiger partial charge is 0.508 e. The quantitative estimate of drug-likeness (QED) is 0.714. The molecule has 1 aliphatic heterocycles. The van der Waals surface area contributed by atoms with Crippen LogP contribution in [0, 0.1) is 0 Å². The maximum Gasteiger partial charge on any atom is 0.341 e. The Labute approximate surface area is 97.1 Å². The van der Waals surface area contributed by atoms with Crippen LogP contribution < -0.4 is 0 Å². The van der Waals surface area contributed by atoms with E-state index in [-0.39, 0.29) is 18.1 Å². The van der Waals surface area contributed by atoms with Gasteiger partial charge < -0.3 is 15.1 Å². The monoisotopic (exact) mass is 237 g/mol. The lowest BCUT2D eigenvalue weighted by Crippen LogP contribution is -1.99. The number of nitrogens with zero attached hydrogens (tertiary/aromatic N) is 1. The van der Waals surface area contributed by atoms with Crippen molar-refractivity contribution < 1.29 is 24.6 Å². The maximum absolute atomic E-state index is 10.7. The minimum Gasteiger partial charge on any atom is -0.508 e. The average molecular weight is 237 g/mol. The van der Waals surface area contributed by atoms with Gasteiger partial charge in [0.25, 0.3) is 5.97 Å². The zero-order chi connectivity index (χ0) is 12.8. The van der Waals surface area contributed by atoms with Gasteiger partial charge in [-0.1, -0.05) is 5.16 Å². The molecule has 1 aromatic rings. The van der Waals surface area contributed by atoms with Gasteiger partial charge in [-0.05, 0) is 24.3 Å². The number of aliphatic carboxylic acids is 1. The Balaban J connectivity index is 0.000000317. The molecule has 1 heterocycles. The molecular weight excluding hydrogens is 226 g/mol. The van der Waals surface area contributed by atoms with Crippen molar-refractivity contribution in [3.63, 3.8) is 0 Å². The predicted molar refractivity (Wildman–Crippen MR) is 58.7 cm³/mol. The van der Waals surface area contributed by atoms with Crippen LogP contribution in [-0.2, 0) is 14.4 Å². The number of hydrogen-bond donors (Lipinski definition) is 2. The first-order valence-electron chi connectivity index (χ1n) is 4.74. The summed E-state index contributed by atoms with van der Waals surface area (Å²) in [6.07, 6.45) is 0.199. The van der Waals surface area contributed by atoms with Gasteiger partial charge in [0.05, 0.1) is 12.1 Å². The van der Waals surface area contributed by atoms with E-state index in [0.29, 0.717) is 5.71 Å². The number of carboxylic acids is 1. The average Bonchev–Trinajstić information content (AvgIpc) is 2.65.